The van der Waals surface area contributed by atoms with Crippen LogP contribution in [0.5, 0.6) is 0 Å². The monoisotopic (exact) mass is 385 g/mol. The largest absolute Gasteiger partial charge is 0.442 e. The molecule has 0 aliphatic carbocycles. The van der Waals surface area contributed by atoms with E-state index in [0.717, 1.165) is 30.0 Å². The Morgan fingerprint density at radius 2 is 2.00 bits per heavy atom. The lowest BCUT2D eigenvalue weighted by Gasteiger charge is -2.23. The van der Waals surface area contributed by atoms with E-state index < -0.39 is 0 Å². The Morgan fingerprint density at radius 3 is 2.75 bits per heavy atom. The number of carbonyl (C=O) groups is 1. The van der Waals surface area contributed by atoms with E-state index in [9.17, 15) is 9.18 Å². The molecule has 1 aromatic heterocycles. The number of carbonyl (C=O) groups excluding carboxylic acids is 1. The topological polar surface area (TPSA) is 61.8 Å². The second kappa shape index (κ2) is 7.61. The van der Waals surface area contributed by atoms with Gasteiger partial charge in [0, 0.05) is 33.3 Å². The molecule has 2 aliphatic heterocycles. The Kier molecular flexibility index (Phi) is 5.02. The van der Waals surface area contributed by atoms with Crippen LogP contribution in [-0.4, -0.2) is 66.8 Å². The summed E-state index contributed by atoms with van der Waals surface area (Å²) in [5.41, 5.74) is 1.07. The van der Waals surface area contributed by atoms with Crippen molar-refractivity contribution >= 4 is 17.7 Å². The predicted octanol–water partition coefficient (Wildman–Crippen LogP) is 2.32. The minimum absolute atomic E-state index is 0.0264. The van der Waals surface area contributed by atoms with Crippen LogP contribution in [0.1, 0.15) is 12.0 Å². The van der Waals surface area contributed by atoms with E-state index in [1.807, 2.05) is 30.0 Å². The minimum Gasteiger partial charge on any atom is -0.442 e. The molecule has 0 radical (unpaired) electrons. The van der Waals surface area contributed by atoms with Gasteiger partial charge in [0.1, 0.15) is 29.9 Å². The SMILES string of the molecule is CN(C)c1cc(N2C[C@H]3OC(=O)N(CCCc4ccc(F)cc4)[C@H]3C2)ncn1. The number of halogens is 1. The van der Waals surface area contributed by atoms with Gasteiger partial charge in [0.25, 0.3) is 0 Å². The summed E-state index contributed by atoms with van der Waals surface area (Å²) in [5, 5.41) is 0. The Balaban J connectivity index is 1.37. The molecule has 2 aromatic rings. The molecule has 8 heteroatoms. The Labute approximate surface area is 163 Å². The van der Waals surface area contributed by atoms with Crippen molar-refractivity contribution in [1.82, 2.24) is 14.9 Å². The highest BCUT2D eigenvalue weighted by Gasteiger charge is 2.47. The second-order valence-electron chi connectivity index (χ2n) is 7.45. The maximum absolute atomic E-state index is 13.0. The number of nitrogens with zero attached hydrogens (tertiary/aromatic N) is 5. The molecule has 7 nitrogen and oxygen atoms in total. The third-order valence-corrected chi connectivity index (χ3v) is 5.32. The second-order valence-corrected chi connectivity index (χ2v) is 7.45. The van der Waals surface area contributed by atoms with Crippen LogP contribution >= 0.6 is 0 Å². The number of rotatable bonds is 6. The molecule has 4 rings (SSSR count). The molecule has 0 unspecified atom stereocenters. The van der Waals surface area contributed by atoms with Crippen molar-refractivity contribution in [3.05, 3.63) is 48.0 Å². The third kappa shape index (κ3) is 3.72. The van der Waals surface area contributed by atoms with E-state index in [2.05, 4.69) is 14.9 Å². The molecule has 1 amide bonds. The summed E-state index contributed by atoms with van der Waals surface area (Å²) in [6.45, 7) is 1.95. The van der Waals surface area contributed by atoms with Crippen molar-refractivity contribution < 1.29 is 13.9 Å². The zero-order chi connectivity index (χ0) is 19.7. The summed E-state index contributed by atoms with van der Waals surface area (Å²) in [5.74, 6) is 1.45. The van der Waals surface area contributed by atoms with Gasteiger partial charge in [-0.15, -0.1) is 0 Å². The molecule has 0 saturated carbocycles. The first-order valence-corrected chi connectivity index (χ1v) is 9.47. The number of aromatic nitrogens is 2. The molecule has 1 aromatic carbocycles. The zero-order valence-corrected chi connectivity index (χ0v) is 16.1. The van der Waals surface area contributed by atoms with Crippen LogP contribution in [0.15, 0.2) is 36.7 Å². The van der Waals surface area contributed by atoms with Crippen molar-refractivity contribution in [2.75, 3.05) is 43.5 Å². The van der Waals surface area contributed by atoms with Crippen molar-refractivity contribution in [2.45, 2.75) is 25.0 Å². The number of aryl methyl sites for hydroxylation is 1. The van der Waals surface area contributed by atoms with Gasteiger partial charge >= 0.3 is 6.09 Å². The maximum atomic E-state index is 13.0. The maximum Gasteiger partial charge on any atom is 0.410 e. The number of fused-ring (bicyclic) bond motifs is 1. The Hall–Kier alpha value is -2.90. The van der Waals surface area contributed by atoms with Gasteiger partial charge in [0.2, 0.25) is 0 Å². The predicted molar refractivity (Wildman–Crippen MR) is 104 cm³/mol. The van der Waals surface area contributed by atoms with Crippen LogP contribution in [0.2, 0.25) is 0 Å². The summed E-state index contributed by atoms with van der Waals surface area (Å²) in [6.07, 6.45) is 2.78. The van der Waals surface area contributed by atoms with Gasteiger partial charge in [-0.1, -0.05) is 12.1 Å². The van der Waals surface area contributed by atoms with E-state index in [1.54, 1.807) is 18.5 Å². The number of amides is 1. The normalized spacial score (nSPS) is 21.0. The molecular weight excluding hydrogens is 361 g/mol. The number of hydrogen-bond acceptors (Lipinski definition) is 6. The van der Waals surface area contributed by atoms with Crippen LogP contribution in [0, 0.1) is 5.82 Å². The molecule has 0 spiro atoms. The first-order valence-electron chi connectivity index (χ1n) is 9.47. The van der Waals surface area contributed by atoms with E-state index in [1.165, 1.54) is 12.1 Å². The van der Waals surface area contributed by atoms with E-state index >= 15 is 0 Å². The molecule has 148 valence electrons. The van der Waals surface area contributed by atoms with Crippen molar-refractivity contribution in [2.24, 2.45) is 0 Å². The van der Waals surface area contributed by atoms with Crippen LogP contribution in [0.3, 0.4) is 0 Å². The lowest BCUT2D eigenvalue weighted by atomic mass is 10.1. The lowest BCUT2D eigenvalue weighted by molar-refractivity contribution is 0.135. The van der Waals surface area contributed by atoms with Crippen molar-refractivity contribution in [3.63, 3.8) is 0 Å². The average Bonchev–Trinajstić information content (AvgIpc) is 3.21. The van der Waals surface area contributed by atoms with E-state index in [-0.39, 0.29) is 24.1 Å². The minimum atomic E-state index is -0.245. The Morgan fingerprint density at radius 1 is 1.21 bits per heavy atom. The van der Waals surface area contributed by atoms with Gasteiger partial charge in [0.05, 0.1) is 12.6 Å². The average molecular weight is 385 g/mol. The fourth-order valence-corrected chi connectivity index (χ4v) is 3.81. The number of anilines is 2. The molecule has 0 N–H and O–H groups in total. The van der Waals surface area contributed by atoms with Gasteiger partial charge in [-0.05, 0) is 30.5 Å². The van der Waals surface area contributed by atoms with Gasteiger partial charge in [-0.3, -0.25) is 4.90 Å². The molecular formula is C20H24FN5O2. The van der Waals surface area contributed by atoms with Crippen molar-refractivity contribution in [1.29, 1.82) is 0 Å². The molecule has 2 atom stereocenters. The number of benzene rings is 1. The molecule has 2 aliphatic rings. The van der Waals surface area contributed by atoms with Gasteiger partial charge in [0.15, 0.2) is 0 Å². The quantitative estimate of drug-likeness (QED) is 0.761. The highest BCUT2D eigenvalue weighted by molar-refractivity contribution is 5.71. The smallest absolute Gasteiger partial charge is 0.410 e. The fraction of sp³-hybridized carbons (Fsp3) is 0.450. The van der Waals surface area contributed by atoms with Gasteiger partial charge in [-0.2, -0.15) is 0 Å². The molecule has 2 fully saturated rings. The standard InChI is InChI=1S/C20H24FN5O2/c1-24(2)18-10-19(23-13-22-18)25-11-16-17(12-25)28-20(27)26(16)9-3-4-14-5-7-15(21)8-6-14/h5-8,10,13,16-17H,3-4,9,11-12H2,1-2H3/t16-,17+/m0/s1. The molecule has 0 bridgehead atoms. The Bertz CT molecular complexity index is 845. The lowest BCUT2D eigenvalue weighted by Crippen LogP contribution is -2.38. The molecule has 28 heavy (non-hydrogen) atoms. The third-order valence-electron chi connectivity index (χ3n) is 5.32. The summed E-state index contributed by atoms with van der Waals surface area (Å²) >= 11 is 0. The van der Waals surface area contributed by atoms with Crippen LogP contribution in [0.25, 0.3) is 0 Å². The van der Waals surface area contributed by atoms with E-state index in [4.69, 9.17) is 4.74 Å². The number of ether oxygens (including phenoxy) is 1. The summed E-state index contributed by atoms with van der Waals surface area (Å²) in [7, 11) is 3.88. The van der Waals surface area contributed by atoms with Crippen LogP contribution in [0.4, 0.5) is 20.8 Å². The first kappa shape index (κ1) is 18.5. The fourth-order valence-electron chi connectivity index (χ4n) is 3.81. The van der Waals surface area contributed by atoms with Crippen LogP contribution < -0.4 is 9.80 Å². The first-order chi connectivity index (χ1) is 13.5. The number of hydrogen-bond donors (Lipinski definition) is 0. The summed E-state index contributed by atoms with van der Waals surface area (Å²) < 4.78 is 18.6. The zero-order valence-electron chi connectivity index (χ0n) is 16.1. The van der Waals surface area contributed by atoms with E-state index in [0.29, 0.717) is 19.6 Å². The summed E-state index contributed by atoms with van der Waals surface area (Å²) in [4.78, 5) is 26.8. The molecule has 2 saturated heterocycles. The highest BCUT2D eigenvalue weighted by Crippen LogP contribution is 2.30. The highest BCUT2D eigenvalue weighted by atomic mass is 19.1. The van der Waals surface area contributed by atoms with Crippen molar-refractivity contribution in [3.8, 4) is 0 Å². The molecule has 3 heterocycles. The van der Waals surface area contributed by atoms with Gasteiger partial charge < -0.3 is 14.5 Å². The summed E-state index contributed by atoms with van der Waals surface area (Å²) in [6, 6.07) is 8.48. The van der Waals surface area contributed by atoms with Gasteiger partial charge in [-0.25, -0.2) is 19.2 Å². The van der Waals surface area contributed by atoms with Crippen LogP contribution in [-0.2, 0) is 11.2 Å².